The standard InChI is InChI=1S/C14H21NO4/c1-3-4-7-18-8-9-19-13-6-5-11(10-12(13)15)14(16)17-2/h5-6,10H,3-4,7-9,15H2,1-2H3. The Morgan fingerprint density at radius 1 is 1.26 bits per heavy atom. The molecule has 0 aromatic heterocycles. The number of unbranched alkanes of at least 4 members (excludes halogenated alkanes) is 1. The zero-order valence-electron chi connectivity index (χ0n) is 11.5. The molecule has 0 unspecified atom stereocenters. The van der Waals surface area contributed by atoms with Crippen LogP contribution in [0.15, 0.2) is 18.2 Å². The van der Waals surface area contributed by atoms with Crippen LogP contribution < -0.4 is 10.5 Å². The number of hydrogen-bond acceptors (Lipinski definition) is 5. The lowest BCUT2D eigenvalue weighted by Crippen LogP contribution is -2.09. The molecule has 1 rings (SSSR count). The van der Waals surface area contributed by atoms with Gasteiger partial charge in [-0.3, -0.25) is 0 Å². The molecule has 106 valence electrons. The van der Waals surface area contributed by atoms with Gasteiger partial charge in [0.2, 0.25) is 0 Å². The zero-order chi connectivity index (χ0) is 14.1. The van der Waals surface area contributed by atoms with Crippen molar-refractivity contribution in [1.29, 1.82) is 0 Å². The number of carbonyl (C=O) groups excluding carboxylic acids is 1. The number of ether oxygens (including phenoxy) is 3. The molecule has 1 aromatic rings. The Morgan fingerprint density at radius 2 is 2.05 bits per heavy atom. The van der Waals surface area contributed by atoms with Crippen molar-refractivity contribution in [2.45, 2.75) is 19.8 Å². The number of nitrogen functional groups attached to an aromatic ring is 1. The van der Waals surface area contributed by atoms with Crippen LogP contribution in [0.1, 0.15) is 30.1 Å². The summed E-state index contributed by atoms with van der Waals surface area (Å²) in [5.74, 6) is 0.132. The molecule has 0 aliphatic heterocycles. The number of benzene rings is 1. The van der Waals surface area contributed by atoms with Gasteiger partial charge in [0.15, 0.2) is 0 Å². The second-order valence-corrected chi connectivity index (χ2v) is 4.06. The molecule has 2 N–H and O–H groups in total. The monoisotopic (exact) mass is 267 g/mol. The van der Waals surface area contributed by atoms with E-state index in [1.54, 1.807) is 18.2 Å². The van der Waals surface area contributed by atoms with Crippen LogP contribution in [0.3, 0.4) is 0 Å². The van der Waals surface area contributed by atoms with Crippen LogP contribution in [-0.2, 0) is 9.47 Å². The fourth-order valence-corrected chi connectivity index (χ4v) is 1.48. The number of esters is 1. The minimum absolute atomic E-state index is 0.409. The first kappa shape index (κ1) is 15.3. The third-order valence-electron chi connectivity index (χ3n) is 2.56. The summed E-state index contributed by atoms with van der Waals surface area (Å²) >= 11 is 0. The number of methoxy groups -OCH3 is 1. The van der Waals surface area contributed by atoms with E-state index in [9.17, 15) is 4.79 Å². The molecule has 0 heterocycles. The Balaban J connectivity index is 2.40. The van der Waals surface area contributed by atoms with Gasteiger partial charge >= 0.3 is 5.97 Å². The number of carbonyl (C=O) groups is 1. The van der Waals surface area contributed by atoms with Crippen molar-refractivity contribution >= 4 is 11.7 Å². The van der Waals surface area contributed by atoms with Gasteiger partial charge < -0.3 is 19.9 Å². The van der Waals surface area contributed by atoms with Crippen molar-refractivity contribution in [2.24, 2.45) is 0 Å². The van der Waals surface area contributed by atoms with Gasteiger partial charge in [-0.2, -0.15) is 0 Å². The Morgan fingerprint density at radius 3 is 2.68 bits per heavy atom. The molecular formula is C14H21NO4. The highest BCUT2D eigenvalue weighted by Gasteiger charge is 2.08. The highest BCUT2D eigenvalue weighted by molar-refractivity contribution is 5.90. The smallest absolute Gasteiger partial charge is 0.337 e. The Hall–Kier alpha value is -1.75. The van der Waals surface area contributed by atoms with Gasteiger partial charge in [-0.15, -0.1) is 0 Å². The third-order valence-corrected chi connectivity index (χ3v) is 2.56. The number of nitrogens with two attached hydrogens (primary N) is 1. The summed E-state index contributed by atoms with van der Waals surface area (Å²) in [4.78, 5) is 11.3. The lowest BCUT2D eigenvalue weighted by Gasteiger charge is -2.10. The minimum atomic E-state index is -0.416. The highest BCUT2D eigenvalue weighted by atomic mass is 16.5. The molecule has 0 aliphatic rings. The van der Waals surface area contributed by atoms with E-state index in [0.29, 0.717) is 30.2 Å². The maximum Gasteiger partial charge on any atom is 0.337 e. The minimum Gasteiger partial charge on any atom is -0.489 e. The van der Waals surface area contributed by atoms with Gasteiger partial charge in [0.1, 0.15) is 12.4 Å². The first-order chi connectivity index (χ1) is 9.19. The largest absolute Gasteiger partial charge is 0.489 e. The second kappa shape index (κ2) is 8.37. The molecule has 0 fully saturated rings. The van der Waals surface area contributed by atoms with Crippen molar-refractivity contribution in [3.05, 3.63) is 23.8 Å². The maximum atomic E-state index is 11.3. The molecule has 0 atom stereocenters. The van der Waals surface area contributed by atoms with E-state index in [-0.39, 0.29) is 0 Å². The average molecular weight is 267 g/mol. The summed E-state index contributed by atoms with van der Waals surface area (Å²) in [6.45, 7) is 3.82. The first-order valence-corrected chi connectivity index (χ1v) is 6.37. The predicted octanol–water partition coefficient (Wildman–Crippen LogP) is 2.25. The summed E-state index contributed by atoms with van der Waals surface area (Å²) in [5, 5.41) is 0. The number of rotatable bonds is 8. The summed E-state index contributed by atoms with van der Waals surface area (Å²) in [6.07, 6.45) is 2.17. The normalized spacial score (nSPS) is 10.2. The molecule has 5 nitrogen and oxygen atoms in total. The molecule has 5 heteroatoms. The lowest BCUT2D eigenvalue weighted by molar-refractivity contribution is 0.0600. The average Bonchev–Trinajstić information content (AvgIpc) is 2.43. The summed E-state index contributed by atoms with van der Waals surface area (Å²) in [7, 11) is 1.33. The highest BCUT2D eigenvalue weighted by Crippen LogP contribution is 2.22. The Labute approximate surface area is 113 Å². The van der Waals surface area contributed by atoms with Crippen LogP contribution >= 0.6 is 0 Å². The molecule has 1 aromatic carbocycles. The van der Waals surface area contributed by atoms with Gasteiger partial charge in [0.25, 0.3) is 0 Å². The fourth-order valence-electron chi connectivity index (χ4n) is 1.48. The Kier molecular flexibility index (Phi) is 6.74. The number of hydrogen-bond donors (Lipinski definition) is 1. The van der Waals surface area contributed by atoms with Crippen LogP contribution in [0.25, 0.3) is 0 Å². The van der Waals surface area contributed by atoms with Gasteiger partial charge in [0, 0.05) is 6.61 Å². The SMILES string of the molecule is CCCCOCCOc1ccc(C(=O)OC)cc1N. The van der Waals surface area contributed by atoms with Crippen LogP contribution in [0.5, 0.6) is 5.75 Å². The van der Waals surface area contributed by atoms with E-state index in [1.807, 2.05) is 0 Å². The van der Waals surface area contributed by atoms with Crippen LogP contribution in [0.4, 0.5) is 5.69 Å². The van der Waals surface area contributed by atoms with E-state index >= 15 is 0 Å². The quantitative estimate of drug-likeness (QED) is 0.444. The van der Waals surface area contributed by atoms with E-state index < -0.39 is 5.97 Å². The van der Waals surface area contributed by atoms with Crippen molar-refractivity contribution in [2.75, 3.05) is 32.7 Å². The molecule has 0 radical (unpaired) electrons. The van der Waals surface area contributed by atoms with Crippen molar-refractivity contribution < 1.29 is 19.0 Å². The van der Waals surface area contributed by atoms with Gasteiger partial charge in [-0.05, 0) is 24.6 Å². The molecule has 0 saturated heterocycles. The Bertz CT molecular complexity index is 406. The molecule has 0 spiro atoms. The van der Waals surface area contributed by atoms with E-state index in [2.05, 4.69) is 11.7 Å². The van der Waals surface area contributed by atoms with Crippen LogP contribution in [0, 0.1) is 0 Å². The van der Waals surface area contributed by atoms with Crippen LogP contribution in [-0.4, -0.2) is 32.9 Å². The maximum absolute atomic E-state index is 11.3. The molecule has 0 aliphatic carbocycles. The zero-order valence-corrected chi connectivity index (χ0v) is 11.5. The summed E-state index contributed by atoms with van der Waals surface area (Å²) < 4.78 is 15.5. The second-order valence-electron chi connectivity index (χ2n) is 4.06. The van der Waals surface area contributed by atoms with Crippen molar-refractivity contribution in [3.8, 4) is 5.75 Å². The molecule has 0 bridgehead atoms. The van der Waals surface area contributed by atoms with Gasteiger partial charge in [-0.25, -0.2) is 4.79 Å². The number of anilines is 1. The molecule has 19 heavy (non-hydrogen) atoms. The van der Waals surface area contributed by atoms with Crippen LogP contribution in [0.2, 0.25) is 0 Å². The third kappa shape index (κ3) is 5.18. The summed E-state index contributed by atoms with van der Waals surface area (Å²) in [6, 6.07) is 4.82. The first-order valence-electron chi connectivity index (χ1n) is 6.37. The van der Waals surface area contributed by atoms with E-state index in [1.165, 1.54) is 7.11 Å². The van der Waals surface area contributed by atoms with Crippen molar-refractivity contribution in [1.82, 2.24) is 0 Å². The predicted molar refractivity (Wildman–Crippen MR) is 73.4 cm³/mol. The molecule has 0 amide bonds. The van der Waals surface area contributed by atoms with Gasteiger partial charge in [0.05, 0.1) is 25.0 Å². The lowest BCUT2D eigenvalue weighted by atomic mass is 10.2. The molecular weight excluding hydrogens is 246 g/mol. The summed E-state index contributed by atoms with van der Waals surface area (Å²) in [5.41, 5.74) is 6.62. The van der Waals surface area contributed by atoms with E-state index in [0.717, 1.165) is 19.4 Å². The fraction of sp³-hybridized carbons (Fsp3) is 0.500. The van der Waals surface area contributed by atoms with Gasteiger partial charge in [-0.1, -0.05) is 13.3 Å². The molecule has 0 saturated carbocycles. The van der Waals surface area contributed by atoms with Crippen molar-refractivity contribution in [3.63, 3.8) is 0 Å². The topological polar surface area (TPSA) is 70.8 Å². The van der Waals surface area contributed by atoms with E-state index in [4.69, 9.17) is 15.2 Å².